The fraction of sp³-hybridized carbons (Fsp3) is 0.250. The number of hydrogen-bond acceptors (Lipinski definition) is 8. The van der Waals surface area contributed by atoms with Crippen molar-refractivity contribution in [1.82, 2.24) is 20.2 Å². The highest BCUT2D eigenvalue weighted by Gasteiger charge is 2.39. The number of nitrogens with zero attached hydrogens (tertiary/aromatic N) is 4. The lowest BCUT2D eigenvalue weighted by Gasteiger charge is -2.27. The predicted octanol–water partition coefficient (Wildman–Crippen LogP) is 2.71. The van der Waals surface area contributed by atoms with E-state index in [1.165, 1.54) is 24.1 Å². The number of rotatable bonds is 5. The van der Waals surface area contributed by atoms with Crippen molar-refractivity contribution >= 4 is 17.7 Å². The zero-order valence-corrected chi connectivity index (χ0v) is 16.1. The van der Waals surface area contributed by atoms with Gasteiger partial charge in [0.05, 0.1) is 18.9 Å². The van der Waals surface area contributed by atoms with Gasteiger partial charge in [-0.2, -0.15) is 4.68 Å². The van der Waals surface area contributed by atoms with Crippen LogP contribution in [0.1, 0.15) is 47.5 Å². The first-order valence-electron chi connectivity index (χ1n) is 9.06. The fourth-order valence-corrected chi connectivity index (χ4v) is 3.30. The number of furan rings is 1. The Morgan fingerprint density at radius 1 is 1.21 bits per heavy atom. The van der Waals surface area contributed by atoms with Gasteiger partial charge in [0.25, 0.3) is 0 Å². The first kappa shape index (κ1) is 18.6. The molecule has 1 N–H and O–H groups in total. The summed E-state index contributed by atoms with van der Waals surface area (Å²) in [6.45, 7) is 4.19. The third kappa shape index (κ3) is 3.20. The van der Waals surface area contributed by atoms with Gasteiger partial charge in [-0.15, -0.1) is 0 Å². The van der Waals surface area contributed by atoms with Crippen LogP contribution in [-0.2, 0) is 9.53 Å². The first-order valence-corrected chi connectivity index (χ1v) is 9.06. The van der Waals surface area contributed by atoms with Crippen LogP contribution in [0.2, 0.25) is 0 Å². The van der Waals surface area contributed by atoms with Gasteiger partial charge in [-0.3, -0.25) is 4.79 Å². The van der Waals surface area contributed by atoms with Crippen molar-refractivity contribution in [3.8, 4) is 0 Å². The van der Waals surface area contributed by atoms with Gasteiger partial charge < -0.3 is 14.5 Å². The minimum Gasteiger partial charge on any atom is -0.464 e. The van der Waals surface area contributed by atoms with Gasteiger partial charge in [0, 0.05) is 0 Å². The van der Waals surface area contributed by atoms with E-state index in [-0.39, 0.29) is 23.0 Å². The number of hydrogen-bond donors (Lipinski definition) is 1. The quantitative estimate of drug-likeness (QED) is 0.520. The predicted molar refractivity (Wildman–Crippen MR) is 102 cm³/mol. The molecule has 29 heavy (non-hydrogen) atoms. The number of esters is 1. The Labute approximate surface area is 166 Å². The maximum atomic E-state index is 13.3. The second kappa shape index (κ2) is 7.34. The number of anilines is 1. The normalized spacial score (nSPS) is 15.8. The van der Waals surface area contributed by atoms with E-state index < -0.39 is 17.8 Å². The number of ether oxygens (including phenoxy) is 1. The molecule has 2 aromatic heterocycles. The summed E-state index contributed by atoms with van der Waals surface area (Å²) >= 11 is 0. The standard InChI is InChI=1S/C20H19N5O4/c1-11(2)12-6-8-13(9-7-12)17-15(18(26)14-5-4-10-29-14)16(19(27)28-3)21-20-22-23-24-25(17)20/h4-11,17H,1-3H3,(H,21,22,24)/t17-/m1/s1. The SMILES string of the molecule is COC(=O)C1=C(C(=O)c2ccco2)[C@@H](c2ccc(C(C)C)cc2)n2nnnc2N1. The van der Waals surface area contributed by atoms with Crippen LogP contribution in [0.3, 0.4) is 0 Å². The van der Waals surface area contributed by atoms with E-state index in [0.29, 0.717) is 5.92 Å². The second-order valence-corrected chi connectivity index (χ2v) is 6.88. The summed E-state index contributed by atoms with van der Waals surface area (Å²) in [7, 11) is 1.25. The molecule has 0 spiro atoms. The van der Waals surface area contributed by atoms with Crippen LogP contribution in [0, 0.1) is 0 Å². The number of aromatic nitrogens is 4. The zero-order chi connectivity index (χ0) is 20.5. The molecule has 0 aliphatic carbocycles. The number of carbonyl (C=O) groups is 2. The summed E-state index contributed by atoms with van der Waals surface area (Å²) in [5.41, 5.74) is 2.02. The number of fused-ring (bicyclic) bond motifs is 1. The Morgan fingerprint density at radius 2 is 1.97 bits per heavy atom. The fourth-order valence-electron chi connectivity index (χ4n) is 3.30. The number of tetrazole rings is 1. The van der Waals surface area contributed by atoms with Crippen LogP contribution in [-0.4, -0.2) is 39.1 Å². The van der Waals surface area contributed by atoms with Crippen LogP contribution in [0.4, 0.5) is 5.95 Å². The van der Waals surface area contributed by atoms with Crippen LogP contribution in [0.15, 0.2) is 58.3 Å². The molecule has 3 aromatic rings. The van der Waals surface area contributed by atoms with E-state index in [1.807, 2.05) is 24.3 Å². The number of nitrogens with one attached hydrogen (secondary N) is 1. The summed E-state index contributed by atoms with van der Waals surface area (Å²) in [5, 5.41) is 14.5. The number of allylic oxidation sites excluding steroid dienone is 1. The van der Waals surface area contributed by atoms with Crippen molar-refractivity contribution in [2.45, 2.75) is 25.8 Å². The third-order valence-corrected chi connectivity index (χ3v) is 4.81. The molecule has 1 aliphatic rings. The molecular formula is C20H19N5O4. The van der Waals surface area contributed by atoms with Gasteiger partial charge in [0.2, 0.25) is 11.7 Å². The molecule has 0 bridgehead atoms. The largest absolute Gasteiger partial charge is 0.464 e. The van der Waals surface area contributed by atoms with Crippen LogP contribution >= 0.6 is 0 Å². The van der Waals surface area contributed by atoms with E-state index >= 15 is 0 Å². The molecule has 1 aliphatic heterocycles. The Morgan fingerprint density at radius 3 is 2.59 bits per heavy atom. The molecule has 0 unspecified atom stereocenters. The highest BCUT2D eigenvalue weighted by Crippen LogP contribution is 2.37. The van der Waals surface area contributed by atoms with Crippen molar-refractivity contribution in [3.05, 3.63) is 70.8 Å². The van der Waals surface area contributed by atoms with E-state index in [2.05, 4.69) is 34.7 Å². The van der Waals surface area contributed by atoms with E-state index in [0.717, 1.165) is 11.1 Å². The molecule has 1 atom stereocenters. The molecule has 9 heteroatoms. The monoisotopic (exact) mass is 393 g/mol. The number of benzene rings is 1. The van der Waals surface area contributed by atoms with Crippen molar-refractivity contribution < 1.29 is 18.7 Å². The van der Waals surface area contributed by atoms with Gasteiger partial charge in [-0.05, 0) is 39.6 Å². The maximum absolute atomic E-state index is 13.3. The number of carbonyl (C=O) groups excluding carboxylic acids is 2. The number of ketones is 1. The lowest BCUT2D eigenvalue weighted by atomic mass is 9.90. The zero-order valence-electron chi connectivity index (χ0n) is 16.1. The maximum Gasteiger partial charge on any atom is 0.355 e. The van der Waals surface area contributed by atoms with Crippen molar-refractivity contribution in [1.29, 1.82) is 0 Å². The van der Waals surface area contributed by atoms with Gasteiger partial charge in [-0.1, -0.05) is 43.2 Å². The Hall–Kier alpha value is -3.75. The Balaban J connectivity index is 1.92. The molecule has 0 fully saturated rings. The van der Waals surface area contributed by atoms with E-state index in [9.17, 15) is 9.59 Å². The van der Waals surface area contributed by atoms with E-state index in [4.69, 9.17) is 9.15 Å². The second-order valence-electron chi connectivity index (χ2n) is 6.88. The van der Waals surface area contributed by atoms with E-state index in [1.54, 1.807) is 6.07 Å². The number of Topliss-reactive ketones (excluding diaryl/α,β-unsaturated/α-hetero) is 1. The van der Waals surface area contributed by atoms with Gasteiger partial charge in [0.1, 0.15) is 11.7 Å². The van der Waals surface area contributed by atoms with Crippen molar-refractivity contribution in [3.63, 3.8) is 0 Å². The molecule has 9 nitrogen and oxygen atoms in total. The van der Waals surface area contributed by atoms with Crippen molar-refractivity contribution in [2.75, 3.05) is 12.4 Å². The van der Waals surface area contributed by atoms with Gasteiger partial charge in [-0.25, -0.2) is 4.79 Å². The first-order chi connectivity index (χ1) is 14.0. The molecule has 0 saturated heterocycles. The highest BCUT2D eigenvalue weighted by molar-refractivity contribution is 6.13. The molecule has 148 valence electrons. The molecule has 0 saturated carbocycles. The summed E-state index contributed by atoms with van der Waals surface area (Å²) in [6.07, 6.45) is 1.40. The molecule has 1 aromatic carbocycles. The highest BCUT2D eigenvalue weighted by atomic mass is 16.5. The minimum atomic E-state index is -0.728. The summed E-state index contributed by atoms with van der Waals surface area (Å²) < 4.78 is 11.6. The van der Waals surface area contributed by atoms with Crippen LogP contribution in [0.25, 0.3) is 0 Å². The van der Waals surface area contributed by atoms with Crippen LogP contribution < -0.4 is 5.32 Å². The summed E-state index contributed by atoms with van der Waals surface area (Å²) in [5.74, 6) is -0.464. The molecular weight excluding hydrogens is 374 g/mol. The van der Waals surface area contributed by atoms with Gasteiger partial charge in [0.15, 0.2) is 5.76 Å². The minimum absolute atomic E-state index is 0.0193. The molecule has 0 amide bonds. The third-order valence-electron chi connectivity index (χ3n) is 4.81. The Kier molecular flexibility index (Phi) is 4.71. The molecule has 3 heterocycles. The topological polar surface area (TPSA) is 112 Å². The van der Waals surface area contributed by atoms with Crippen LogP contribution in [0.5, 0.6) is 0 Å². The van der Waals surface area contributed by atoms with Gasteiger partial charge >= 0.3 is 5.97 Å². The van der Waals surface area contributed by atoms with Crippen molar-refractivity contribution in [2.24, 2.45) is 0 Å². The average molecular weight is 393 g/mol. The molecule has 0 radical (unpaired) electrons. The lowest BCUT2D eigenvalue weighted by Crippen LogP contribution is -2.32. The average Bonchev–Trinajstić information content (AvgIpc) is 3.43. The smallest absolute Gasteiger partial charge is 0.355 e. The number of methoxy groups -OCH3 is 1. The summed E-state index contributed by atoms with van der Waals surface area (Å²) in [6, 6.07) is 10.2. The lowest BCUT2D eigenvalue weighted by molar-refractivity contribution is -0.136. The Bertz CT molecular complexity index is 1080. The molecule has 4 rings (SSSR count). The summed E-state index contributed by atoms with van der Waals surface area (Å²) in [4.78, 5) is 25.8.